The molecule has 1 aliphatic heterocycles. The topological polar surface area (TPSA) is 54.3 Å². The molecule has 4 heteroatoms. The third kappa shape index (κ3) is 3.19. The first-order valence-electron chi connectivity index (χ1n) is 6.54. The predicted molar refractivity (Wildman–Crippen MR) is 64.5 cm³/mol. The summed E-state index contributed by atoms with van der Waals surface area (Å²) in [6.45, 7) is 6.10. The van der Waals surface area contributed by atoms with Gasteiger partial charge in [0.15, 0.2) is 0 Å². The maximum absolute atomic E-state index is 9.49. The molecule has 1 N–H and O–H groups in total. The Morgan fingerprint density at radius 2 is 2.24 bits per heavy atom. The van der Waals surface area contributed by atoms with Crippen molar-refractivity contribution in [2.24, 2.45) is 5.92 Å². The summed E-state index contributed by atoms with van der Waals surface area (Å²) in [7, 11) is 0. The highest BCUT2D eigenvalue weighted by atomic mass is 16.5. The summed E-state index contributed by atoms with van der Waals surface area (Å²) in [6, 6.07) is 2.76. The molecule has 1 heterocycles. The fourth-order valence-electron chi connectivity index (χ4n) is 2.42. The Bertz CT molecular complexity index is 290. The second kappa shape index (κ2) is 5.34. The Morgan fingerprint density at radius 1 is 1.47 bits per heavy atom. The van der Waals surface area contributed by atoms with Gasteiger partial charge in [0.05, 0.1) is 25.4 Å². The fraction of sp³-hybridized carbons (Fsp3) is 0.923. The van der Waals surface area contributed by atoms with Crippen LogP contribution in [-0.2, 0) is 9.47 Å². The molecule has 2 rings (SSSR count). The molecule has 1 saturated heterocycles. The number of nitriles is 1. The van der Waals surface area contributed by atoms with Crippen LogP contribution in [-0.4, -0.2) is 37.5 Å². The van der Waals surface area contributed by atoms with E-state index >= 15 is 0 Å². The first kappa shape index (κ1) is 12.8. The molecule has 2 aliphatic rings. The molecule has 1 aliphatic carbocycles. The summed E-state index contributed by atoms with van der Waals surface area (Å²) in [5.74, 6) is 0.456. The van der Waals surface area contributed by atoms with Crippen molar-refractivity contribution in [1.82, 2.24) is 5.32 Å². The largest absolute Gasteiger partial charge is 0.379 e. The van der Waals surface area contributed by atoms with Crippen molar-refractivity contribution in [1.29, 1.82) is 5.26 Å². The van der Waals surface area contributed by atoms with E-state index in [2.05, 4.69) is 25.2 Å². The molecule has 2 fully saturated rings. The van der Waals surface area contributed by atoms with Gasteiger partial charge in [-0.2, -0.15) is 5.26 Å². The van der Waals surface area contributed by atoms with Crippen LogP contribution in [0.3, 0.4) is 0 Å². The number of nitrogens with zero attached hydrogens (tertiary/aromatic N) is 1. The van der Waals surface area contributed by atoms with Gasteiger partial charge >= 0.3 is 0 Å². The Labute approximate surface area is 103 Å². The van der Waals surface area contributed by atoms with Gasteiger partial charge in [0.25, 0.3) is 0 Å². The third-order valence-electron chi connectivity index (χ3n) is 3.45. The van der Waals surface area contributed by atoms with Gasteiger partial charge < -0.3 is 9.47 Å². The number of rotatable bonds is 6. The zero-order valence-corrected chi connectivity index (χ0v) is 10.7. The summed E-state index contributed by atoms with van der Waals surface area (Å²) in [5.41, 5.74) is -0.489. The lowest BCUT2D eigenvalue weighted by Gasteiger charge is -2.31. The molecule has 17 heavy (non-hydrogen) atoms. The second-order valence-corrected chi connectivity index (χ2v) is 5.45. The van der Waals surface area contributed by atoms with E-state index in [1.165, 1.54) is 0 Å². The van der Waals surface area contributed by atoms with E-state index < -0.39 is 5.54 Å². The quantitative estimate of drug-likeness (QED) is 0.761. The van der Waals surface area contributed by atoms with Gasteiger partial charge in [-0.05, 0) is 39.0 Å². The Hall–Kier alpha value is -0.630. The Morgan fingerprint density at radius 3 is 2.71 bits per heavy atom. The monoisotopic (exact) mass is 238 g/mol. The van der Waals surface area contributed by atoms with Gasteiger partial charge in [-0.25, -0.2) is 0 Å². The van der Waals surface area contributed by atoms with Crippen LogP contribution >= 0.6 is 0 Å². The minimum Gasteiger partial charge on any atom is -0.379 e. The molecule has 0 spiro atoms. The molecule has 0 amide bonds. The highest BCUT2D eigenvalue weighted by Gasteiger charge is 2.46. The minimum absolute atomic E-state index is 0.176. The molecular formula is C13H22N2O2. The molecule has 0 aromatic heterocycles. The SMILES string of the molecule is CC(C)NC(C#N)(COC1CCOC1)C1CC1. The lowest BCUT2D eigenvalue weighted by molar-refractivity contribution is 0.0102. The van der Waals surface area contributed by atoms with Crippen LogP contribution < -0.4 is 5.32 Å². The van der Waals surface area contributed by atoms with Crippen molar-refractivity contribution in [3.63, 3.8) is 0 Å². The van der Waals surface area contributed by atoms with E-state index in [0.717, 1.165) is 25.9 Å². The summed E-state index contributed by atoms with van der Waals surface area (Å²) >= 11 is 0. The normalized spacial score (nSPS) is 28.0. The van der Waals surface area contributed by atoms with Crippen LogP contribution in [0, 0.1) is 17.2 Å². The predicted octanol–water partition coefficient (Wildman–Crippen LogP) is 1.46. The molecule has 1 saturated carbocycles. The zero-order valence-electron chi connectivity index (χ0n) is 10.7. The molecule has 0 aromatic carbocycles. The average molecular weight is 238 g/mol. The standard InChI is InChI=1S/C13H22N2O2/c1-10(2)15-13(8-14,11-3-4-11)9-17-12-5-6-16-7-12/h10-12,15H,3-7,9H2,1-2H3. The lowest BCUT2D eigenvalue weighted by atomic mass is 9.95. The molecule has 0 aromatic rings. The Kier molecular flexibility index (Phi) is 4.03. The van der Waals surface area contributed by atoms with Gasteiger partial charge in [-0.1, -0.05) is 0 Å². The van der Waals surface area contributed by atoms with Crippen LogP contribution in [0.15, 0.2) is 0 Å². The molecule has 4 nitrogen and oxygen atoms in total. The minimum atomic E-state index is -0.489. The van der Waals surface area contributed by atoms with E-state index in [0.29, 0.717) is 25.2 Å². The van der Waals surface area contributed by atoms with Gasteiger partial charge in [-0.3, -0.25) is 5.32 Å². The van der Waals surface area contributed by atoms with Crippen LogP contribution in [0.1, 0.15) is 33.1 Å². The van der Waals surface area contributed by atoms with E-state index in [4.69, 9.17) is 9.47 Å². The third-order valence-corrected chi connectivity index (χ3v) is 3.45. The summed E-state index contributed by atoms with van der Waals surface area (Å²) < 4.78 is 11.1. The highest BCUT2D eigenvalue weighted by Crippen LogP contribution is 2.40. The fourth-order valence-corrected chi connectivity index (χ4v) is 2.42. The second-order valence-electron chi connectivity index (χ2n) is 5.45. The molecule has 96 valence electrons. The summed E-state index contributed by atoms with van der Waals surface area (Å²) in [5, 5.41) is 12.9. The van der Waals surface area contributed by atoms with Crippen LogP contribution in [0.4, 0.5) is 0 Å². The molecular weight excluding hydrogens is 216 g/mol. The molecule has 2 atom stereocenters. The summed E-state index contributed by atoms with van der Waals surface area (Å²) in [4.78, 5) is 0. The molecule has 2 unspecified atom stereocenters. The molecule has 0 bridgehead atoms. The number of hydrogen-bond donors (Lipinski definition) is 1. The van der Waals surface area contributed by atoms with Crippen LogP contribution in [0.25, 0.3) is 0 Å². The van der Waals surface area contributed by atoms with Crippen LogP contribution in [0.5, 0.6) is 0 Å². The first-order chi connectivity index (χ1) is 8.16. The maximum Gasteiger partial charge on any atom is 0.133 e. The van der Waals surface area contributed by atoms with Gasteiger partial charge in [0.1, 0.15) is 5.54 Å². The van der Waals surface area contributed by atoms with E-state index in [1.807, 2.05) is 0 Å². The average Bonchev–Trinajstić information content (AvgIpc) is 3.02. The maximum atomic E-state index is 9.49. The van der Waals surface area contributed by atoms with E-state index in [9.17, 15) is 5.26 Å². The first-order valence-corrected chi connectivity index (χ1v) is 6.54. The highest BCUT2D eigenvalue weighted by molar-refractivity contribution is 5.16. The van der Waals surface area contributed by atoms with E-state index in [1.54, 1.807) is 0 Å². The van der Waals surface area contributed by atoms with Gasteiger partial charge in [-0.15, -0.1) is 0 Å². The van der Waals surface area contributed by atoms with Crippen molar-refractivity contribution < 1.29 is 9.47 Å². The van der Waals surface area contributed by atoms with Crippen molar-refractivity contribution >= 4 is 0 Å². The number of nitrogens with one attached hydrogen (secondary N) is 1. The number of ether oxygens (including phenoxy) is 2. The number of hydrogen-bond acceptors (Lipinski definition) is 4. The van der Waals surface area contributed by atoms with Gasteiger partial charge in [0.2, 0.25) is 0 Å². The van der Waals surface area contributed by atoms with Crippen molar-refractivity contribution in [3.8, 4) is 6.07 Å². The van der Waals surface area contributed by atoms with Crippen molar-refractivity contribution in [3.05, 3.63) is 0 Å². The lowest BCUT2D eigenvalue weighted by Crippen LogP contribution is -2.53. The summed E-state index contributed by atoms with van der Waals surface area (Å²) in [6.07, 6.45) is 3.40. The zero-order chi connectivity index (χ0) is 12.3. The van der Waals surface area contributed by atoms with E-state index in [-0.39, 0.29) is 6.10 Å². The van der Waals surface area contributed by atoms with Crippen LogP contribution in [0.2, 0.25) is 0 Å². The van der Waals surface area contributed by atoms with Gasteiger partial charge in [0, 0.05) is 12.6 Å². The smallest absolute Gasteiger partial charge is 0.133 e. The molecule has 0 radical (unpaired) electrons. The van der Waals surface area contributed by atoms with Crippen molar-refractivity contribution in [2.75, 3.05) is 19.8 Å². The Balaban J connectivity index is 1.92. The van der Waals surface area contributed by atoms with Crippen molar-refractivity contribution in [2.45, 2.75) is 50.8 Å².